The third-order valence-electron chi connectivity index (χ3n) is 7.11. The van der Waals surface area contributed by atoms with Gasteiger partial charge in [-0.3, -0.25) is 9.59 Å². The molecule has 2 aromatic carbocycles. The van der Waals surface area contributed by atoms with Crippen LogP contribution in [0.5, 0.6) is 5.75 Å². The second kappa shape index (κ2) is 11.0. The Hall–Kier alpha value is -3.22. The summed E-state index contributed by atoms with van der Waals surface area (Å²) in [5.41, 5.74) is 1.56. The van der Waals surface area contributed by atoms with E-state index in [9.17, 15) is 18.4 Å². The van der Waals surface area contributed by atoms with Crippen molar-refractivity contribution in [3.05, 3.63) is 71.3 Å². The number of carbonyl (C=O) groups is 2. The van der Waals surface area contributed by atoms with E-state index in [0.717, 1.165) is 55.5 Å². The maximum atomic E-state index is 13.4. The second-order valence-corrected chi connectivity index (χ2v) is 9.52. The Morgan fingerprint density at radius 2 is 1.83 bits per heavy atom. The van der Waals surface area contributed by atoms with E-state index < -0.39 is 11.6 Å². The fourth-order valence-electron chi connectivity index (χ4n) is 4.84. The van der Waals surface area contributed by atoms with E-state index >= 15 is 0 Å². The average Bonchev–Trinajstić information content (AvgIpc) is 3.73. The number of hydrogen-bond acceptors (Lipinski definition) is 3. The number of carbonyl (C=O) groups excluding carboxylic acids is 2. The molecule has 1 saturated carbocycles. The predicted octanol–water partition coefficient (Wildman–Crippen LogP) is 4.70. The molecule has 0 N–H and O–H groups in total. The zero-order valence-electron chi connectivity index (χ0n) is 20.3. The maximum absolute atomic E-state index is 13.4. The highest BCUT2D eigenvalue weighted by atomic mass is 19.2. The lowest BCUT2D eigenvalue weighted by Crippen LogP contribution is -2.48. The molecule has 1 heterocycles. The molecule has 1 saturated heterocycles. The first-order chi connectivity index (χ1) is 16.9. The van der Waals surface area contributed by atoms with Crippen LogP contribution in [0.15, 0.2) is 48.5 Å². The number of ether oxygens (including phenoxy) is 1. The van der Waals surface area contributed by atoms with Crippen molar-refractivity contribution in [2.24, 2.45) is 11.8 Å². The van der Waals surface area contributed by atoms with Gasteiger partial charge in [0.25, 0.3) is 0 Å². The van der Waals surface area contributed by atoms with E-state index in [1.807, 2.05) is 30.1 Å². The van der Waals surface area contributed by atoms with Gasteiger partial charge in [0, 0.05) is 38.2 Å². The van der Waals surface area contributed by atoms with E-state index in [1.165, 1.54) is 18.2 Å². The Labute approximate surface area is 205 Å². The molecule has 5 nitrogen and oxygen atoms in total. The lowest BCUT2D eigenvalue weighted by Gasteiger charge is -2.40. The SMILES string of the molecule is COc1cccc(CC(C2CCN(C(=O)/C=C/c3ccc(F)c(F)c3)CC2)N(C)C(=O)C2CC2)c1. The van der Waals surface area contributed by atoms with Crippen molar-refractivity contribution in [1.82, 2.24) is 9.80 Å². The van der Waals surface area contributed by atoms with Gasteiger partial charge in [-0.15, -0.1) is 0 Å². The van der Waals surface area contributed by atoms with E-state index in [4.69, 9.17) is 4.74 Å². The smallest absolute Gasteiger partial charge is 0.246 e. The number of rotatable bonds is 8. The number of piperidine rings is 1. The largest absolute Gasteiger partial charge is 0.497 e. The minimum absolute atomic E-state index is 0.0465. The Balaban J connectivity index is 1.41. The summed E-state index contributed by atoms with van der Waals surface area (Å²) in [6, 6.07) is 11.6. The molecule has 186 valence electrons. The number of halogens is 2. The highest BCUT2D eigenvalue weighted by Gasteiger charge is 2.38. The van der Waals surface area contributed by atoms with Crippen LogP contribution in [0.3, 0.4) is 0 Å². The number of amides is 2. The van der Waals surface area contributed by atoms with Gasteiger partial charge < -0.3 is 14.5 Å². The molecule has 0 spiro atoms. The van der Waals surface area contributed by atoms with Crippen LogP contribution >= 0.6 is 0 Å². The third kappa shape index (κ3) is 6.27. The van der Waals surface area contributed by atoms with Gasteiger partial charge in [0.1, 0.15) is 5.75 Å². The molecule has 0 radical (unpaired) electrons. The normalized spacial score (nSPS) is 17.4. The number of nitrogens with zero attached hydrogens (tertiary/aromatic N) is 2. The Kier molecular flexibility index (Phi) is 7.83. The van der Waals surface area contributed by atoms with Crippen molar-refractivity contribution < 1.29 is 23.1 Å². The Morgan fingerprint density at radius 1 is 1.09 bits per heavy atom. The summed E-state index contributed by atoms with van der Waals surface area (Å²) in [6.45, 7) is 1.18. The van der Waals surface area contributed by atoms with Crippen molar-refractivity contribution in [2.75, 3.05) is 27.2 Å². The third-order valence-corrected chi connectivity index (χ3v) is 7.11. The van der Waals surface area contributed by atoms with Crippen LogP contribution in [0.2, 0.25) is 0 Å². The van der Waals surface area contributed by atoms with Crippen molar-refractivity contribution in [1.29, 1.82) is 0 Å². The van der Waals surface area contributed by atoms with Gasteiger partial charge in [-0.05, 0) is 79.5 Å². The average molecular weight is 483 g/mol. The highest BCUT2D eigenvalue weighted by molar-refractivity contribution is 5.91. The highest BCUT2D eigenvalue weighted by Crippen LogP contribution is 2.34. The van der Waals surface area contributed by atoms with Crippen LogP contribution in [0, 0.1) is 23.5 Å². The topological polar surface area (TPSA) is 49.9 Å². The first-order valence-corrected chi connectivity index (χ1v) is 12.2. The van der Waals surface area contributed by atoms with Gasteiger partial charge in [0.15, 0.2) is 11.6 Å². The number of likely N-dealkylation sites (tertiary alicyclic amines) is 1. The molecule has 1 aliphatic carbocycles. The lowest BCUT2D eigenvalue weighted by atomic mass is 9.84. The Morgan fingerprint density at radius 3 is 2.49 bits per heavy atom. The predicted molar refractivity (Wildman–Crippen MR) is 131 cm³/mol. The molecule has 4 rings (SSSR count). The molecule has 0 aromatic heterocycles. The summed E-state index contributed by atoms with van der Waals surface area (Å²) in [7, 11) is 3.56. The van der Waals surface area contributed by atoms with E-state index in [2.05, 4.69) is 6.07 Å². The van der Waals surface area contributed by atoms with Crippen LogP contribution in [-0.2, 0) is 16.0 Å². The summed E-state index contributed by atoms with van der Waals surface area (Å²) in [5, 5.41) is 0. The summed E-state index contributed by atoms with van der Waals surface area (Å²) >= 11 is 0. The van der Waals surface area contributed by atoms with Gasteiger partial charge in [-0.2, -0.15) is 0 Å². The Bertz CT molecular complexity index is 1090. The van der Waals surface area contributed by atoms with Crippen LogP contribution in [0.25, 0.3) is 6.08 Å². The molecular formula is C28H32F2N2O3. The van der Waals surface area contributed by atoms with Gasteiger partial charge in [0.05, 0.1) is 7.11 Å². The summed E-state index contributed by atoms with van der Waals surface area (Å²) in [5.74, 6) is -0.572. The molecule has 2 amide bonds. The fourth-order valence-corrected chi connectivity index (χ4v) is 4.84. The van der Waals surface area contributed by atoms with Gasteiger partial charge in [-0.1, -0.05) is 18.2 Å². The van der Waals surface area contributed by atoms with E-state index in [1.54, 1.807) is 12.0 Å². The zero-order chi connectivity index (χ0) is 24.9. The zero-order valence-corrected chi connectivity index (χ0v) is 20.3. The molecule has 35 heavy (non-hydrogen) atoms. The van der Waals surface area contributed by atoms with Crippen molar-refractivity contribution in [3.8, 4) is 5.75 Å². The van der Waals surface area contributed by atoms with Crippen LogP contribution < -0.4 is 4.74 Å². The molecular weight excluding hydrogens is 450 g/mol. The van der Waals surface area contributed by atoms with Crippen molar-refractivity contribution >= 4 is 17.9 Å². The first-order valence-electron chi connectivity index (χ1n) is 12.2. The quantitative estimate of drug-likeness (QED) is 0.513. The first kappa shape index (κ1) is 24.9. The van der Waals surface area contributed by atoms with Crippen LogP contribution in [0.4, 0.5) is 8.78 Å². The summed E-state index contributed by atoms with van der Waals surface area (Å²) in [4.78, 5) is 29.3. The molecule has 0 bridgehead atoms. The minimum Gasteiger partial charge on any atom is -0.497 e. The number of benzene rings is 2. The molecule has 2 aliphatic rings. The minimum atomic E-state index is -0.938. The van der Waals surface area contributed by atoms with Gasteiger partial charge in [0.2, 0.25) is 11.8 Å². The van der Waals surface area contributed by atoms with Gasteiger partial charge in [-0.25, -0.2) is 8.78 Å². The lowest BCUT2D eigenvalue weighted by molar-refractivity contribution is -0.136. The summed E-state index contributed by atoms with van der Waals surface area (Å²) in [6.07, 6.45) is 7.16. The van der Waals surface area contributed by atoms with E-state index in [0.29, 0.717) is 18.7 Å². The molecule has 1 unspecified atom stereocenters. The molecule has 2 fully saturated rings. The van der Waals surface area contributed by atoms with Crippen molar-refractivity contribution in [2.45, 2.75) is 38.1 Å². The number of methoxy groups -OCH3 is 1. The number of hydrogen-bond donors (Lipinski definition) is 0. The van der Waals surface area contributed by atoms with Crippen molar-refractivity contribution in [3.63, 3.8) is 0 Å². The maximum Gasteiger partial charge on any atom is 0.246 e. The molecule has 1 aliphatic heterocycles. The monoisotopic (exact) mass is 482 g/mol. The molecule has 1 atom stereocenters. The number of likely N-dealkylation sites (N-methyl/N-ethyl adjacent to an activating group) is 1. The fraction of sp³-hybridized carbons (Fsp3) is 0.429. The summed E-state index contributed by atoms with van der Waals surface area (Å²) < 4.78 is 31.9. The van der Waals surface area contributed by atoms with E-state index in [-0.39, 0.29) is 29.7 Å². The van der Waals surface area contributed by atoms with Gasteiger partial charge >= 0.3 is 0 Å². The molecule has 2 aromatic rings. The molecule has 7 heteroatoms. The standard InChI is InChI=1S/C28H32F2N2O3/c1-31(28(34)22-8-9-22)26(18-20-4-3-5-23(16-20)35-2)21-12-14-32(15-13-21)27(33)11-7-19-6-10-24(29)25(30)17-19/h3-7,10-11,16-17,21-22,26H,8-9,12-15,18H2,1-2H3/b11-7+. The van der Waals surface area contributed by atoms with Crippen LogP contribution in [-0.4, -0.2) is 54.9 Å². The van der Waals surface area contributed by atoms with Crippen LogP contribution in [0.1, 0.15) is 36.8 Å². The second-order valence-electron chi connectivity index (χ2n) is 9.52.